The Morgan fingerprint density at radius 2 is 2.14 bits per heavy atom. The summed E-state index contributed by atoms with van der Waals surface area (Å²) < 4.78 is 0.897. The van der Waals surface area contributed by atoms with Gasteiger partial charge in [-0.1, -0.05) is 34.8 Å². The second-order valence-electron chi connectivity index (χ2n) is 6.14. The number of nitrogens with zero attached hydrogens (tertiary/aromatic N) is 2. The molecule has 0 unspecified atom stereocenters. The highest BCUT2D eigenvalue weighted by atomic mass is 79.9. The molecule has 1 aromatic heterocycles. The van der Waals surface area contributed by atoms with Gasteiger partial charge in [-0.15, -0.1) is 0 Å². The first kappa shape index (κ1) is 14.2. The third-order valence-corrected chi connectivity index (χ3v) is 5.52. The standard InChI is InChI=1S/C17H17BrN2O2/c18-13-8-11-12(16-10(13)4-3-7-19-16)9-20(17(11)22)14-5-1-2-6-15(14)21/h3-4,7-8,14-15,21H,1-2,5-6,9H2/t14-,15-/m0/s1. The molecule has 0 bridgehead atoms. The monoisotopic (exact) mass is 360 g/mol. The first-order chi connectivity index (χ1) is 10.7. The number of aromatic nitrogens is 1. The maximum atomic E-state index is 12.8. The molecule has 0 spiro atoms. The van der Waals surface area contributed by atoms with Crippen LogP contribution in [0, 0.1) is 0 Å². The molecular weight excluding hydrogens is 344 g/mol. The van der Waals surface area contributed by atoms with E-state index in [4.69, 9.17) is 0 Å². The molecule has 2 aromatic rings. The maximum Gasteiger partial charge on any atom is 0.254 e. The van der Waals surface area contributed by atoms with Crippen LogP contribution in [0.15, 0.2) is 28.9 Å². The van der Waals surface area contributed by atoms with Gasteiger partial charge in [0, 0.05) is 33.7 Å². The third kappa shape index (κ3) is 2.07. The van der Waals surface area contributed by atoms with Gasteiger partial charge in [-0.2, -0.15) is 0 Å². The summed E-state index contributed by atoms with van der Waals surface area (Å²) in [6, 6.07) is 5.75. The van der Waals surface area contributed by atoms with Gasteiger partial charge in [0.1, 0.15) is 0 Å². The van der Waals surface area contributed by atoms with E-state index in [1.165, 1.54) is 0 Å². The largest absolute Gasteiger partial charge is 0.391 e. The van der Waals surface area contributed by atoms with Gasteiger partial charge in [0.05, 0.1) is 17.7 Å². The summed E-state index contributed by atoms with van der Waals surface area (Å²) in [5.74, 6) is 0.0224. The van der Waals surface area contributed by atoms with E-state index < -0.39 is 6.10 Å². The highest BCUT2D eigenvalue weighted by molar-refractivity contribution is 9.10. The normalized spacial score (nSPS) is 24.8. The minimum absolute atomic E-state index is 0.0224. The van der Waals surface area contributed by atoms with Crippen LogP contribution in [0.1, 0.15) is 41.6 Å². The summed E-state index contributed by atoms with van der Waals surface area (Å²) in [6.07, 6.45) is 5.14. The molecule has 4 nitrogen and oxygen atoms in total. The molecule has 22 heavy (non-hydrogen) atoms. The number of carbonyl (C=O) groups excluding carboxylic acids is 1. The van der Waals surface area contributed by atoms with E-state index in [0.717, 1.165) is 52.2 Å². The number of aliphatic hydroxyl groups excluding tert-OH is 1. The predicted octanol–water partition coefficient (Wildman–Crippen LogP) is 3.26. The molecule has 0 radical (unpaired) electrons. The lowest BCUT2D eigenvalue weighted by Gasteiger charge is -2.35. The number of benzene rings is 1. The van der Waals surface area contributed by atoms with Crippen LogP contribution in [-0.4, -0.2) is 33.0 Å². The summed E-state index contributed by atoms with van der Waals surface area (Å²) in [7, 11) is 0. The fraction of sp³-hybridized carbons (Fsp3) is 0.412. The van der Waals surface area contributed by atoms with Crippen molar-refractivity contribution in [2.24, 2.45) is 0 Å². The van der Waals surface area contributed by atoms with Gasteiger partial charge in [0.15, 0.2) is 0 Å². The number of aliphatic hydroxyl groups is 1. The average molecular weight is 361 g/mol. The lowest BCUT2D eigenvalue weighted by molar-refractivity contribution is 0.0192. The van der Waals surface area contributed by atoms with Crippen molar-refractivity contribution >= 4 is 32.7 Å². The molecular formula is C17H17BrN2O2. The second kappa shape index (κ2) is 5.32. The van der Waals surface area contributed by atoms with Crippen molar-refractivity contribution in [3.8, 4) is 0 Å². The Morgan fingerprint density at radius 1 is 1.32 bits per heavy atom. The first-order valence-corrected chi connectivity index (χ1v) is 8.51. The summed E-state index contributed by atoms with van der Waals surface area (Å²) >= 11 is 3.55. The Morgan fingerprint density at radius 3 is 2.95 bits per heavy atom. The number of carbonyl (C=O) groups is 1. The number of pyridine rings is 1. The van der Waals surface area contributed by atoms with Crippen LogP contribution in [0.25, 0.3) is 10.9 Å². The lowest BCUT2D eigenvalue weighted by atomic mass is 9.91. The fourth-order valence-corrected chi connectivity index (χ4v) is 4.28. The number of fused-ring (bicyclic) bond motifs is 3. The molecule has 1 aliphatic heterocycles. The minimum Gasteiger partial charge on any atom is -0.391 e. The van der Waals surface area contributed by atoms with Crippen LogP contribution in [-0.2, 0) is 6.54 Å². The van der Waals surface area contributed by atoms with Crippen LogP contribution in [0.5, 0.6) is 0 Å². The fourth-order valence-electron chi connectivity index (χ4n) is 3.73. The molecule has 1 saturated carbocycles. The van der Waals surface area contributed by atoms with E-state index >= 15 is 0 Å². The molecule has 5 heteroatoms. The van der Waals surface area contributed by atoms with Crippen LogP contribution in [0.4, 0.5) is 0 Å². The van der Waals surface area contributed by atoms with Crippen molar-refractivity contribution in [2.45, 2.75) is 44.4 Å². The SMILES string of the molecule is O=C1c2cc(Br)c3cccnc3c2CN1[C@H]1CCCC[C@@H]1O. The number of hydrogen-bond acceptors (Lipinski definition) is 3. The van der Waals surface area contributed by atoms with E-state index in [9.17, 15) is 9.90 Å². The molecule has 114 valence electrons. The number of amides is 1. The topological polar surface area (TPSA) is 53.4 Å². The van der Waals surface area contributed by atoms with Gasteiger partial charge in [0.25, 0.3) is 5.91 Å². The Bertz CT molecular complexity index is 762. The van der Waals surface area contributed by atoms with Gasteiger partial charge in [0.2, 0.25) is 0 Å². The Balaban J connectivity index is 1.79. The van der Waals surface area contributed by atoms with Gasteiger partial charge < -0.3 is 10.0 Å². The molecule has 1 N–H and O–H groups in total. The first-order valence-electron chi connectivity index (χ1n) is 7.72. The molecule has 2 aliphatic rings. The molecule has 4 rings (SSSR count). The summed E-state index contributed by atoms with van der Waals surface area (Å²) in [6.45, 7) is 0.552. The number of halogens is 1. The Labute approximate surface area is 137 Å². The van der Waals surface area contributed by atoms with Crippen molar-refractivity contribution < 1.29 is 9.90 Å². The summed E-state index contributed by atoms with van der Waals surface area (Å²) in [5, 5.41) is 11.3. The molecule has 1 aromatic carbocycles. The quantitative estimate of drug-likeness (QED) is 0.848. The van der Waals surface area contributed by atoms with E-state index in [1.807, 2.05) is 23.1 Å². The molecule has 0 saturated heterocycles. The summed E-state index contributed by atoms with van der Waals surface area (Å²) in [4.78, 5) is 19.1. The van der Waals surface area contributed by atoms with Crippen LogP contribution in [0.2, 0.25) is 0 Å². The molecule has 1 fully saturated rings. The van der Waals surface area contributed by atoms with Crippen molar-refractivity contribution in [3.05, 3.63) is 40.0 Å². The molecule has 2 atom stereocenters. The van der Waals surface area contributed by atoms with E-state index in [0.29, 0.717) is 6.54 Å². The lowest BCUT2D eigenvalue weighted by Crippen LogP contribution is -2.45. The van der Waals surface area contributed by atoms with Gasteiger partial charge >= 0.3 is 0 Å². The number of hydrogen-bond donors (Lipinski definition) is 1. The minimum atomic E-state index is -0.408. The molecule has 2 heterocycles. The molecule has 1 aliphatic carbocycles. The smallest absolute Gasteiger partial charge is 0.254 e. The van der Waals surface area contributed by atoms with Crippen molar-refractivity contribution in [1.82, 2.24) is 9.88 Å². The third-order valence-electron chi connectivity index (χ3n) is 4.86. The number of rotatable bonds is 1. The Hall–Kier alpha value is -1.46. The zero-order valence-corrected chi connectivity index (χ0v) is 13.7. The van der Waals surface area contributed by atoms with Crippen molar-refractivity contribution in [2.75, 3.05) is 0 Å². The van der Waals surface area contributed by atoms with Gasteiger partial charge in [-0.05, 0) is 25.0 Å². The average Bonchev–Trinajstić information content (AvgIpc) is 2.86. The highest BCUT2D eigenvalue weighted by Gasteiger charge is 2.38. The zero-order valence-electron chi connectivity index (χ0n) is 12.1. The molecule has 1 amide bonds. The second-order valence-corrected chi connectivity index (χ2v) is 6.99. The van der Waals surface area contributed by atoms with E-state index in [2.05, 4.69) is 20.9 Å². The highest BCUT2D eigenvalue weighted by Crippen LogP contribution is 2.37. The van der Waals surface area contributed by atoms with Crippen molar-refractivity contribution in [1.29, 1.82) is 0 Å². The van der Waals surface area contributed by atoms with Crippen LogP contribution >= 0.6 is 15.9 Å². The Kier molecular flexibility index (Phi) is 3.42. The van der Waals surface area contributed by atoms with Crippen LogP contribution in [0.3, 0.4) is 0 Å². The van der Waals surface area contributed by atoms with E-state index in [-0.39, 0.29) is 11.9 Å². The van der Waals surface area contributed by atoms with E-state index in [1.54, 1.807) is 6.20 Å². The predicted molar refractivity (Wildman–Crippen MR) is 87.6 cm³/mol. The van der Waals surface area contributed by atoms with Crippen LogP contribution < -0.4 is 0 Å². The summed E-state index contributed by atoms with van der Waals surface area (Å²) in [5.41, 5.74) is 2.59. The van der Waals surface area contributed by atoms with Gasteiger partial charge in [-0.25, -0.2) is 0 Å². The zero-order chi connectivity index (χ0) is 15.3. The maximum absolute atomic E-state index is 12.8. The van der Waals surface area contributed by atoms with Crippen molar-refractivity contribution in [3.63, 3.8) is 0 Å². The van der Waals surface area contributed by atoms with Gasteiger partial charge in [-0.3, -0.25) is 9.78 Å².